The SMILES string of the molecule is CCC1CCC(CNS(=O)(=O)c2cc(Br)ccc2C)CC1. The van der Waals surface area contributed by atoms with E-state index < -0.39 is 10.0 Å². The maximum absolute atomic E-state index is 12.4. The molecule has 0 atom stereocenters. The van der Waals surface area contributed by atoms with Gasteiger partial charge >= 0.3 is 0 Å². The zero-order valence-corrected chi connectivity index (χ0v) is 15.1. The van der Waals surface area contributed by atoms with Crippen molar-refractivity contribution in [2.75, 3.05) is 6.54 Å². The summed E-state index contributed by atoms with van der Waals surface area (Å²) in [7, 11) is -3.41. The predicted molar refractivity (Wildman–Crippen MR) is 89.8 cm³/mol. The molecule has 2 rings (SSSR count). The first-order chi connectivity index (χ1) is 9.92. The lowest BCUT2D eigenvalue weighted by Gasteiger charge is -2.27. The lowest BCUT2D eigenvalue weighted by molar-refractivity contribution is 0.270. The Kier molecular flexibility index (Phi) is 5.86. The van der Waals surface area contributed by atoms with Crippen molar-refractivity contribution in [3.8, 4) is 0 Å². The summed E-state index contributed by atoms with van der Waals surface area (Å²) in [5.74, 6) is 1.32. The first-order valence-electron chi connectivity index (χ1n) is 7.68. The fourth-order valence-electron chi connectivity index (χ4n) is 3.01. The highest BCUT2D eigenvalue weighted by atomic mass is 79.9. The standard InChI is InChI=1S/C16H24BrNO2S/c1-3-13-5-7-14(8-6-13)11-18-21(19,20)16-10-15(17)9-4-12(16)2/h4,9-10,13-14,18H,3,5-8,11H2,1-2H3. The van der Waals surface area contributed by atoms with Gasteiger partial charge in [0.1, 0.15) is 0 Å². The number of nitrogens with one attached hydrogen (secondary N) is 1. The van der Waals surface area contributed by atoms with Crippen LogP contribution in [0, 0.1) is 18.8 Å². The van der Waals surface area contributed by atoms with E-state index in [1.165, 1.54) is 19.3 Å². The highest BCUT2D eigenvalue weighted by molar-refractivity contribution is 9.10. The summed E-state index contributed by atoms with van der Waals surface area (Å²) in [4.78, 5) is 0.374. The molecule has 5 heteroatoms. The lowest BCUT2D eigenvalue weighted by atomic mass is 9.81. The zero-order valence-electron chi connectivity index (χ0n) is 12.7. The van der Waals surface area contributed by atoms with Gasteiger partial charge in [-0.05, 0) is 49.3 Å². The number of hydrogen-bond acceptors (Lipinski definition) is 2. The molecule has 0 aliphatic heterocycles. The molecule has 1 aromatic rings. The van der Waals surface area contributed by atoms with Gasteiger partial charge in [0.2, 0.25) is 10.0 Å². The largest absolute Gasteiger partial charge is 0.240 e. The number of benzene rings is 1. The van der Waals surface area contributed by atoms with Crippen LogP contribution in [0.15, 0.2) is 27.6 Å². The van der Waals surface area contributed by atoms with Crippen LogP contribution in [0.2, 0.25) is 0 Å². The molecule has 1 N–H and O–H groups in total. The summed E-state index contributed by atoms with van der Waals surface area (Å²) in [6.07, 6.45) is 5.99. The molecular formula is C16H24BrNO2S. The van der Waals surface area contributed by atoms with E-state index in [1.54, 1.807) is 6.07 Å². The second kappa shape index (κ2) is 7.25. The second-order valence-electron chi connectivity index (χ2n) is 6.06. The van der Waals surface area contributed by atoms with E-state index in [0.717, 1.165) is 28.8 Å². The van der Waals surface area contributed by atoms with Crippen LogP contribution in [0.5, 0.6) is 0 Å². The minimum atomic E-state index is -3.41. The molecule has 0 bridgehead atoms. The average Bonchev–Trinajstić information content (AvgIpc) is 2.48. The number of halogens is 1. The normalized spacial score (nSPS) is 23.2. The molecule has 0 heterocycles. The zero-order chi connectivity index (χ0) is 15.5. The fourth-order valence-corrected chi connectivity index (χ4v) is 4.91. The summed E-state index contributed by atoms with van der Waals surface area (Å²) in [5.41, 5.74) is 0.778. The van der Waals surface area contributed by atoms with Gasteiger partial charge in [-0.1, -0.05) is 48.2 Å². The summed E-state index contributed by atoms with van der Waals surface area (Å²) in [5, 5.41) is 0. The van der Waals surface area contributed by atoms with Crippen LogP contribution in [-0.4, -0.2) is 15.0 Å². The topological polar surface area (TPSA) is 46.2 Å². The summed E-state index contributed by atoms with van der Waals surface area (Å²) >= 11 is 3.34. The molecule has 1 saturated carbocycles. The Balaban J connectivity index is 1.97. The van der Waals surface area contributed by atoms with Crippen LogP contribution in [0.1, 0.15) is 44.6 Å². The van der Waals surface area contributed by atoms with Gasteiger partial charge < -0.3 is 0 Å². The third-order valence-corrected chi connectivity index (χ3v) is 6.60. The maximum Gasteiger partial charge on any atom is 0.240 e. The van der Waals surface area contributed by atoms with Crippen molar-refractivity contribution in [3.05, 3.63) is 28.2 Å². The number of aryl methyl sites for hydroxylation is 1. The van der Waals surface area contributed by atoms with Gasteiger partial charge in [0, 0.05) is 11.0 Å². The predicted octanol–water partition coefficient (Wildman–Crippen LogP) is 4.25. The molecule has 1 aromatic carbocycles. The second-order valence-corrected chi connectivity index (χ2v) is 8.71. The Bertz CT molecular complexity index is 578. The van der Waals surface area contributed by atoms with E-state index >= 15 is 0 Å². The van der Waals surface area contributed by atoms with Crippen LogP contribution < -0.4 is 4.72 Å². The smallest absolute Gasteiger partial charge is 0.211 e. The van der Waals surface area contributed by atoms with Gasteiger partial charge in [0.25, 0.3) is 0 Å². The molecule has 1 fully saturated rings. The van der Waals surface area contributed by atoms with Crippen molar-refractivity contribution in [2.24, 2.45) is 11.8 Å². The first kappa shape index (κ1) is 17.0. The molecular weight excluding hydrogens is 350 g/mol. The van der Waals surface area contributed by atoms with Crippen molar-refractivity contribution in [2.45, 2.75) is 50.8 Å². The van der Waals surface area contributed by atoms with Crippen molar-refractivity contribution >= 4 is 26.0 Å². The minimum absolute atomic E-state index is 0.374. The Morgan fingerprint density at radius 1 is 1.19 bits per heavy atom. The monoisotopic (exact) mass is 373 g/mol. The Morgan fingerprint density at radius 2 is 1.81 bits per heavy atom. The fraction of sp³-hybridized carbons (Fsp3) is 0.625. The molecule has 0 radical (unpaired) electrons. The van der Waals surface area contributed by atoms with Gasteiger partial charge in [0.15, 0.2) is 0 Å². The highest BCUT2D eigenvalue weighted by Crippen LogP contribution is 2.30. The summed E-state index contributed by atoms with van der Waals surface area (Å²) in [6.45, 7) is 4.63. The Labute approximate surface area is 136 Å². The molecule has 1 aliphatic rings. The van der Waals surface area contributed by atoms with Crippen LogP contribution in [0.4, 0.5) is 0 Å². The van der Waals surface area contributed by atoms with E-state index in [1.807, 2.05) is 19.1 Å². The van der Waals surface area contributed by atoms with Crippen LogP contribution in [0.3, 0.4) is 0 Å². The number of hydrogen-bond donors (Lipinski definition) is 1. The van der Waals surface area contributed by atoms with Crippen LogP contribution in [0.25, 0.3) is 0 Å². The third kappa shape index (κ3) is 4.54. The molecule has 0 aromatic heterocycles. The minimum Gasteiger partial charge on any atom is -0.211 e. The van der Waals surface area contributed by atoms with Crippen LogP contribution in [-0.2, 0) is 10.0 Å². The average molecular weight is 374 g/mol. The van der Waals surface area contributed by atoms with Gasteiger partial charge in [-0.25, -0.2) is 13.1 Å². The number of sulfonamides is 1. The molecule has 3 nitrogen and oxygen atoms in total. The van der Waals surface area contributed by atoms with E-state index in [2.05, 4.69) is 27.6 Å². The van der Waals surface area contributed by atoms with Gasteiger partial charge in [-0.15, -0.1) is 0 Å². The van der Waals surface area contributed by atoms with E-state index in [9.17, 15) is 8.42 Å². The van der Waals surface area contributed by atoms with Gasteiger partial charge in [0.05, 0.1) is 4.90 Å². The van der Waals surface area contributed by atoms with Crippen molar-refractivity contribution < 1.29 is 8.42 Å². The van der Waals surface area contributed by atoms with E-state index in [4.69, 9.17) is 0 Å². The molecule has 0 saturated heterocycles. The Morgan fingerprint density at radius 3 is 2.43 bits per heavy atom. The quantitative estimate of drug-likeness (QED) is 0.838. The summed E-state index contributed by atoms with van der Waals surface area (Å²) in [6, 6.07) is 5.36. The van der Waals surface area contributed by atoms with Crippen molar-refractivity contribution in [1.82, 2.24) is 4.72 Å². The summed E-state index contributed by atoms with van der Waals surface area (Å²) < 4.78 is 28.5. The van der Waals surface area contributed by atoms with Gasteiger partial charge in [-0.2, -0.15) is 0 Å². The third-order valence-electron chi connectivity index (χ3n) is 4.55. The molecule has 21 heavy (non-hydrogen) atoms. The molecule has 0 spiro atoms. The molecule has 0 amide bonds. The first-order valence-corrected chi connectivity index (χ1v) is 9.95. The number of rotatable bonds is 5. The lowest BCUT2D eigenvalue weighted by Crippen LogP contribution is -2.31. The van der Waals surface area contributed by atoms with E-state index in [-0.39, 0.29) is 0 Å². The Hall–Kier alpha value is -0.390. The van der Waals surface area contributed by atoms with Crippen molar-refractivity contribution in [3.63, 3.8) is 0 Å². The highest BCUT2D eigenvalue weighted by Gasteiger charge is 2.23. The van der Waals surface area contributed by atoms with Gasteiger partial charge in [-0.3, -0.25) is 0 Å². The van der Waals surface area contributed by atoms with Crippen LogP contribution >= 0.6 is 15.9 Å². The van der Waals surface area contributed by atoms with Crippen molar-refractivity contribution in [1.29, 1.82) is 0 Å². The maximum atomic E-state index is 12.4. The molecule has 118 valence electrons. The molecule has 0 unspecified atom stereocenters. The van der Waals surface area contributed by atoms with E-state index in [0.29, 0.717) is 17.4 Å². The molecule has 1 aliphatic carbocycles.